The summed E-state index contributed by atoms with van der Waals surface area (Å²) in [4.78, 5) is 125. The molecular weight excluding hydrogens is 1860 g/mol. The molecule has 11 N–H and O–H groups in total. The Morgan fingerprint density at radius 2 is 1.15 bits per heavy atom. The number of aromatic nitrogens is 5. The zero-order chi connectivity index (χ0) is 112. The normalized spacial score (nSPS) is 13.2. The number of ether oxygens (including phenoxy) is 7. The van der Waals surface area contributed by atoms with Crippen molar-refractivity contribution in [2.24, 2.45) is 40.2 Å². The molecule has 0 amide bonds. The highest BCUT2D eigenvalue weighted by Gasteiger charge is 2.36. The van der Waals surface area contributed by atoms with E-state index in [1.807, 2.05) is 145 Å². The van der Waals surface area contributed by atoms with E-state index in [0.717, 1.165) is 64.8 Å². The molecule has 1 aliphatic rings. The number of nitrogens with two attached hydrogens (primary N) is 1. The van der Waals surface area contributed by atoms with Crippen LogP contribution in [0.4, 0.5) is 11.8 Å². The van der Waals surface area contributed by atoms with Gasteiger partial charge in [-0.2, -0.15) is 4.98 Å². The van der Waals surface area contributed by atoms with Crippen molar-refractivity contribution >= 4 is 76.0 Å². The fraction of sp³-hybridized carbons (Fsp3) is 0.691. The van der Waals surface area contributed by atoms with Crippen LogP contribution in [0.3, 0.4) is 0 Å². The predicted molar refractivity (Wildman–Crippen MR) is 576 cm³/mol. The monoisotopic (exact) mass is 2050 g/mol. The number of aliphatic hydroxyl groups is 4. The number of likely N-dealkylation sites (N-methyl/N-ethyl adjacent to an activating group) is 2. The summed E-state index contributed by atoms with van der Waals surface area (Å²) < 4.78 is 40.2. The second kappa shape index (κ2) is 67.0. The smallest absolute Gasteiger partial charge is 0.308 e. The van der Waals surface area contributed by atoms with Gasteiger partial charge in [-0.1, -0.05) is 101 Å². The Morgan fingerprint density at radius 1 is 0.639 bits per heavy atom. The predicted octanol–water partition coefficient (Wildman–Crippen LogP) is 18.3. The largest absolute Gasteiger partial charge is 0.506 e. The summed E-state index contributed by atoms with van der Waals surface area (Å²) in [5.74, 6) is 2.31. The average Bonchev–Trinajstić information content (AvgIpc) is 0.792. The maximum absolute atomic E-state index is 12.2. The molecule has 144 heavy (non-hydrogen) atoms. The summed E-state index contributed by atoms with van der Waals surface area (Å²) in [6, 6.07) is 10.5. The lowest BCUT2D eigenvalue weighted by atomic mass is 9.83. The number of halogens is 1. The topological polar surface area (TPSA) is 464 Å². The minimum Gasteiger partial charge on any atom is -0.506 e. The van der Waals surface area contributed by atoms with Crippen LogP contribution in [0.1, 0.15) is 328 Å². The van der Waals surface area contributed by atoms with Gasteiger partial charge in [-0.25, -0.2) is 0 Å². The van der Waals surface area contributed by atoms with E-state index in [1.165, 1.54) is 31.7 Å². The van der Waals surface area contributed by atoms with E-state index in [1.54, 1.807) is 89.0 Å². The van der Waals surface area contributed by atoms with Crippen LogP contribution < -0.4 is 31.4 Å². The molecule has 5 heterocycles. The summed E-state index contributed by atoms with van der Waals surface area (Å²) in [6.45, 7) is 65.5. The Kier molecular flexibility index (Phi) is 64.6. The van der Waals surface area contributed by atoms with Crippen LogP contribution in [-0.4, -0.2) is 259 Å². The van der Waals surface area contributed by atoms with Crippen molar-refractivity contribution < 1.29 is 106 Å². The van der Waals surface area contributed by atoms with Gasteiger partial charge in [0.1, 0.15) is 54.7 Å². The number of quaternary nitrogens is 2. The minimum atomic E-state index is -1.06. The third-order valence-electron chi connectivity index (χ3n) is 20.9. The highest BCUT2D eigenvalue weighted by Crippen LogP contribution is 2.32. The number of unbranched alkanes of at least 4 members (excludes halogenated alkanes) is 2. The van der Waals surface area contributed by atoms with Gasteiger partial charge in [-0.15, -0.1) is 0 Å². The van der Waals surface area contributed by atoms with Crippen molar-refractivity contribution in [3.63, 3.8) is 0 Å². The van der Waals surface area contributed by atoms with Gasteiger partial charge in [0.05, 0.1) is 140 Å². The first-order valence-electron chi connectivity index (χ1n) is 50.1. The number of benzene rings is 1. The lowest BCUT2D eigenvalue weighted by Gasteiger charge is -2.32. The standard InChI is InChI=1S/C18H34O4.C16H23NO5.C15H21NO2.C14H24N4O3.C12H19NO3.C11H13ClO2.C9H22NO.C8H20N.C7H15N3O/c1-7-8-10-14(19)11-9-12-15(20)16(21)18(5,6)13-22-17(2,3)4;1-10-15(22-12(3)19)14(9-20-11(2)18)13(7-17-10)8-21-16(4,5)6;1-15(2,3)14(18)9-5-4-8-13(17)12-7-6-10-16-11-12;1-7(19)10(20)8-5-9-11(15-6-8)16-13(17-12(9)21)18-14(2,3)4;1-8-11(15)10(6-14)9(5-13-8)7-16-12(2,3)4;1-8(2)11(13)7-14-10-5-3-9(12)4-6-10;1-9(2,3)11-8-7-10(4,5)6;1-8(2)6-7-9(3,4)5;1-5(2)6(11)4-10(3)7(8)9/h16,21H,7-13H2,1-6H3;7H,8-9H2,1-6H3;6-7,10-11H,4-5,8-9H2,1-3H3;7-8,10,19-20H,5-6H2,1-4H3,(H3,15,16,17,18,21);5,14-15H,6-7H2,1-4H3;3-6,8H,7H2,1-2H3;7-8H2,1-6H3;8H,6-7H2,1-5H3;5H,4H2,1-3H3,(H3,8,9)/q;;;;;;2*+1;/t16-;;;7-,8+,10-;;;;;/m0..0...../s1. The highest BCUT2D eigenvalue weighted by atomic mass is 35.5. The number of aliphatic hydroxyl groups excluding tert-OH is 4. The maximum Gasteiger partial charge on any atom is 0.308 e. The molecule has 822 valence electrons. The fourth-order valence-corrected chi connectivity index (χ4v) is 11.8. The molecular formula is C110H191ClN12O21+2. The number of pyridine rings is 3. The molecule has 0 fully saturated rings. The molecule has 0 radical (unpaired) electrons. The molecule has 4 atom stereocenters. The van der Waals surface area contributed by atoms with Crippen molar-refractivity contribution in [3.05, 3.63) is 121 Å². The van der Waals surface area contributed by atoms with Crippen molar-refractivity contribution in [1.82, 2.24) is 29.8 Å². The Labute approximate surface area is 868 Å². The Bertz CT molecular complexity index is 4660. The Morgan fingerprint density at radius 3 is 1.59 bits per heavy atom. The quantitative estimate of drug-likeness (QED) is 0.00434. The number of carbonyl (C=O) groups is 8. The third-order valence-corrected chi connectivity index (χ3v) is 21.2. The van der Waals surface area contributed by atoms with Crippen molar-refractivity contribution in [2.45, 2.75) is 371 Å². The Balaban J connectivity index is -0.00000157. The van der Waals surface area contributed by atoms with Gasteiger partial charge in [-0.3, -0.25) is 68.5 Å². The number of esters is 2. The number of carbonyl (C=O) groups excluding carboxylic acids is 8. The van der Waals surface area contributed by atoms with Gasteiger partial charge in [0.25, 0.3) is 5.56 Å². The van der Waals surface area contributed by atoms with E-state index in [0.29, 0.717) is 120 Å². The first-order chi connectivity index (χ1) is 65.7. The van der Waals surface area contributed by atoms with Gasteiger partial charge in [0.2, 0.25) is 5.95 Å². The molecule has 1 aromatic carbocycles. The number of hydrogen-bond acceptors (Lipinski definition) is 28. The molecule has 0 unspecified atom stereocenters. The molecule has 0 bridgehead atoms. The number of nitrogens with zero attached hydrogens (tertiary/aromatic N) is 7. The highest BCUT2D eigenvalue weighted by molar-refractivity contribution is 6.30. The Hall–Kier alpha value is -9.13. The van der Waals surface area contributed by atoms with E-state index in [4.69, 9.17) is 55.9 Å². The summed E-state index contributed by atoms with van der Waals surface area (Å²) >= 11 is 5.70. The van der Waals surface area contributed by atoms with Gasteiger partial charge < -0.3 is 88.9 Å². The molecule has 5 aromatic rings. The SMILES string of the molecule is CC(=O)OCc1c(COC(C)(C)C)cnc(C)c1OC(C)=O.CC(C)(C)C(=O)CCCCC(=O)c1cccnc1.CC(C)(C)OCC[N+](C)(C)C.CC(C)C(=O)CN(C)C(=N)N.CC(C)C(=O)COc1ccc(Cl)cc1.CC(C)CC[N+](C)(C)C.CCCCC(=O)CCCC(=O)[C@H](O)C(C)(C)COC(C)(C)C.C[C@H](O)[C@H](O)[C@H]1CNc2nc(NC(C)(C)C)[nH]c(=O)c2C1.Cc1ncc(COC(C)(C)C)c(CO)c1O. The summed E-state index contributed by atoms with van der Waals surface area (Å²) in [6.07, 6.45) is 11.8. The van der Waals surface area contributed by atoms with Crippen LogP contribution in [0.2, 0.25) is 5.02 Å². The van der Waals surface area contributed by atoms with Gasteiger partial charge >= 0.3 is 11.9 Å². The molecule has 0 spiro atoms. The minimum absolute atomic E-state index is 0.00411. The summed E-state index contributed by atoms with van der Waals surface area (Å²) in [7, 11) is 14.9. The number of nitrogens with one attached hydrogen (secondary N) is 4. The number of H-pyrrole nitrogens is 1. The number of aryl methyl sites for hydroxylation is 2. The molecule has 1 aliphatic heterocycles. The number of aromatic amines is 1. The van der Waals surface area contributed by atoms with Crippen molar-refractivity contribution in [2.75, 3.05) is 106 Å². The molecule has 4 aromatic heterocycles. The van der Waals surface area contributed by atoms with Crippen molar-refractivity contribution in [1.29, 1.82) is 5.41 Å². The number of guanidine groups is 1. The lowest BCUT2D eigenvalue weighted by molar-refractivity contribution is -0.871. The third kappa shape index (κ3) is 69.1. The van der Waals surface area contributed by atoms with Crippen LogP contribution in [-0.2, 0) is 90.1 Å². The number of anilines is 2. The van der Waals surface area contributed by atoms with E-state index >= 15 is 0 Å². The van der Waals surface area contributed by atoms with Crippen LogP contribution in [0.5, 0.6) is 17.2 Å². The first kappa shape index (κ1) is 139. The molecule has 0 saturated heterocycles. The lowest BCUT2D eigenvalue weighted by Crippen LogP contribution is -2.41. The average molecular weight is 2050 g/mol. The van der Waals surface area contributed by atoms with Crippen LogP contribution in [0.25, 0.3) is 0 Å². The molecule has 6 rings (SSSR count). The van der Waals surface area contributed by atoms with Crippen LogP contribution in [0, 0.1) is 53.8 Å². The van der Waals surface area contributed by atoms with E-state index < -0.39 is 35.7 Å². The van der Waals surface area contributed by atoms with Gasteiger partial charge in [0, 0.05) is 151 Å². The van der Waals surface area contributed by atoms with E-state index in [2.05, 4.69) is 119 Å². The maximum atomic E-state index is 12.2. The number of rotatable bonds is 41. The molecule has 0 saturated carbocycles. The summed E-state index contributed by atoms with van der Waals surface area (Å²) in [5, 5.41) is 62.4. The number of Topliss-reactive ketones (excluding diaryl/α,β-unsaturated/α-hetero) is 6. The second-order valence-corrected chi connectivity index (χ2v) is 46.5. The van der Waals surface area contributed by atoms with Crippen molar-refractivity contribution in [3.8, 4) is 17.2 Å². The fourth-order valence-electron chi connectivity index (χ4n) is 11.7. The zero-order valence-corrected chi connectivity index (χ0v) is 96.2. The molecule has 34 heteroatoms. The molecule has 33 nitrogen and oxygen atoms in total. The van der Waals surface area contributed by atoms with Gasteiger partial charge in [0.15, 0.2) is 34.8 Å². The second-order valence-electron chi connectivity index (χ2n) is 46.1. The number of aromatic hydroxyl groups is 1. The first-order valence-corrected chi connectivity index (χ1v) is 50.5. The number of hydrogen-bond donors (Lipinski definition) is 10. The van der Waals surface area contributed by atoms with E-state index in [9.17, 15) is 68.7 Å². The summed E-state index contributed by atoms with van der Waals surface area (Å²) in [5.41, 5.74) is 7.72. The number of ketones is 6. The van der Waals surface area contributed by atoms with Crippen LogP contribution in [0.15, 0.2) is 66.0 Å². The molecule has 0 aliphatic carbocycles. The van der Waals surface area contributed by atoms with Gasteiger partial charge in [-0.05, 0) is 205 Å². The number of fused-ring (bicyclic) bond motifs is 1. The zero-order valence-electron chi connectivity index (χ0n) is 95.4. The van der Waals surface area contributed by atoms with Crippen LogP contribution >= 0.6 is 11.6 Å². The van der Waals surface area contributed by atoms with E-state index in [-0.39, 0.29) is 142 Å².